The Balaban J connectivity index is 1.84. The predicted molar refractivity (Wildman–Crippen MR) is 68.3 cm³/mol. The van der Waals surface area contributed by atoms with Crippen molar-refractivity contribution in [3.63, 3.8) is 0 Å². The van der Waals surface area contributed by atoms with Crippen molar-refractivity contribution in [2.75, 3.05) is 0 Å². The summed E-state index contributed by atoms with van der Waals surface area (Å²) >= 11 is 0. The minimum absolute atomic E-state index is 0.0748. The van der Waals surface area contributed by atoms with Gasteiger partial charge in [0.1, 0.15) is 0 Å². The van der Waals surface area contributed by atoms with E-state index >= 15 is 0 Å². The summed E-state index contributed by atoms with van der Waals surface area (Å²) in [6.45, 7) is 5.14. The molecule has 0 radical (unpaired) electrons. The fraction of sp³-hybridized carbons (Fsp3) is 0.875. The van der Waals surface area contributed by atoms with Gasteiger partial charge in [-0.05, 0) is 66.6 Å². The van der Waals surface area contributed by atoms with Crippen LogP contribution in [0, 0.1) is 34.5 Å². The van der Waals surface area contributed by atoms with E-state index in [-0.39, 0.29) is 5.54 Å². The molecular weight excluding hydrogens is 206 g/mol. The highest BCUT2D eigenvalue weighted by Crippen LogP contribution is 2.78. The Morgan fingerprint density at radius 2 is 2.00 bits per heavy atom. The normalized spacial score (nSPS) is 69.9. The molecule has 8 bridgehead atoms. The quantitative estimate of drug-likeness (QED) is 0.635. The van der Waals surface area contributed by atoms with E-state index in [0.717, 1.165) is 23.7 Å². The Hall–Kier alpha value is -0.300. The van der Waals surface area contributed by atoms with Gasteiger partial charge in [-0.25, -0.2) is 0 Å². The van der Waals surface area contributed by atoms with Crippen molar-refractivity contribution < 1.29 is 0 Å². The van der Waals surface area contributed by atoms with E-state index in [9.17, 15) is 0 Å². The third kappa shape index (κ3) is 0.800. The highest BCUT2D eigenvalue weighted by molar-refractivity contribution is 5.42. The second kappa shape index (κ2) is 2.27. The molecule has 0 aromatic carbocycles. The van der Waals surface area contributed by atoms with Crippen molar-refractivity contribution in [1.29, 1.82) is 0 Å². The standard InChI is InChI=1S/C16H23N/c1-14-5-9-3-10-12(14)6-16(17)7-13(14)11(4-9)15(10,2)8-16/h6,9-11,13H,3-5,7-8,17H2,1-2H3. The molecule has 1 heteroatoms. The second-order valence-electron chi connectivity index (χ2n) is 8.44. The zero-order valence-corrected chi connectivity index (χ0v) is 11.0. The summed E-state index contributed by atoms with van der Waals surface area (Å²) in [6.07, 6.45) is 9.58. The van der Waals surface area contributed by atoms with E-state index in [1.807, 2.05) is 0 Å². The monoisotopic (exact) mass is 229 g/mol. The first-order valence-electron chi connectivity index (χ1n) is 7.47. The van der Waals surface area contributed by atoms with E-state index in [1.165, 1.54) is 32.1 Å². The third-order valence-electron chi connectivity index (χ3n) is 7.60. The molecule has 0 heterocycles. The van der Waals surface area contributed by atoms with Crippen molar-refractivity contribution in [2.24, 2.45) is 40.2 Å². The zero-order valence-electron chi connectivity index (χ0n) is 11.0. The summed E-state index contributed by atoms with van der Waals surface area (Å²) in [5, 5.41) is 0. The van der Waals surface area contributed by atoms with Gasteiger partial charge in [0.2, 0.25) is 0 Å². The molecule has 0 aliphatic heterocycles. The van der Waals surface area contributed by atoms with Crippen molar-refractivity contribution in [3.8, 4) is 0 Å². The van der Waals surface area contributed by atoms with Gasteiger partial charge in [0.15, 0.2) is 0 Å². The van der Waals surface area contributed by atoms with Crippen LogP contribution in [0.2, 0.25) is 0 Å². The fourth-order valence-electron chi connectivity index (χ4n) is 7.28. The van der Waals surface area contributed by atoms with Gasteiger partial charge in [-0.2, -0.15) is 0 Å². The van der Waals surface area contributed by atoms with Crippen LogP contribution in [0.25, 0.3) is 0 Å². The molecular formula is C16H23N. The van der Waals surface area contributed by atoms with Crippen molar-refractivity contribution >= 4 is 0 Å². The van der Waals surface area contributed by atoms with Gasteiger partial charge < -0.3 is 5.73 Å². The lowest BCUT2D eigenvalue weighted by Gasteiger charge is -2.76. The molecule has 7 aliphatic carbocycles. The molecule has 7 rings (SSSR count). The van der Waals surface area contributed by atoms with Crippen LogP contribution in [0.5, 0.6) is 0 Å². The van der Waals surface area contributed by atoms with Crippen LogP contribution in [-0.2, 0) is 0 Å². The fourth-order valence-corrected chi connectivity index (χ4v) is 7.28. The molecule has 0 aromatic rings. The lowest BCUT2D eigenvalue weighted by Crippen LogP contribution is -2.71. The third-order valence-corrected chi connectivity index (χ3v) is 7.60. The van der Waals surface area contributed by atoms with Gasteiger partial charge in [0, 0.05) is 5.54 Å². The summed E-state index contributed by atoms with van der Waals surface area (Å²) in [5.41, 5.74) is 9.67. The summed E-state index contributed by atoms with van der Waals surface area (Å²) in [4.78, 5) is 0. The molecule has 5 fully saturated rings. The van der Waals surface area contributed by atoms with Crippen LogP contribution in [0.15, 0.2) is 11.6 Å². The lowest BCUT2D eigenvalue weighted by molar-refractivity contribution is -0.190. The molecule has 92 valence electrons. The zero-order chi connectivity index (χ0) is 11.6. The topological polar surface area (TPSA) is 26.0 Å². The van der Waals surface area contributed by atoms with Crippen LogP contribution in [0.1, 0.15) is 46.0 Å². The molecule has 0 aromatic heterocycles. The van der Waals surface area contributed by atoms with E-state index in [1.54, 1.807) is 5.57 Å². The SMILES string of the molecule is CC12CC3CC4C1=CC1(N)CC2C(C3)C4(C)C1. The maximum absolute atomic E-state index is 6.67. The average molecular weight is 229 g/mol. The average Bonchev–Trinajstić information content (AvgIpc) is 2.24. The number of rotatable bonds is 0. The van der Waals surface area contributed by atoms with Gasteiger partial charge in [0.05, 0.1) is 0 Å². The lowest BCUT2D eigenvalue weighted by atomic mass is 9.29. The molecule has 7 aliphatic rings. The first kappa shape index (κ1) is 9.61. The Morgan fingerprint density at radius 3 is 2.82 bits per heavy atom. The van der Waals surface area contributed by atoms with E-state index in [0.29, 0.717) is 10.8 Å². The molecule has 2 N–H and O–H groups in total. The number of hydrogen-bond donors (Lipinski definition) is 1. The molecule has 7 unspecified atom stereocenters. The molecule has 0 saturated heterocycles. The summed E-state index contributed by atoms with van der Waals surface area (Å²) in [5.74, 6) is 3.86. The van der Waals surface area contributed by atoms with Crippen molar-refractivity contribution in [1.82, 2.24) is 0 Å². The maximum atomic E-state index is 6.67. The summed E-state index contributed by atoms with van der Waals surface area (Å²) < 4.78 is 0. The second-order valence-corrected chi connectivity index (χ2v) is 8.44. The van der Waals surface area contributed by atoms with Gasteiger partial charge >= 0.3 is 0 Å². The van der Waals surface area contributed by atoms with Gasteiger partial charge in [-0.15, -0.1) is 0 Å². The summed E-state index contributed by atoms with van der Waals surface area (Å²) in [7, 11) is 0. The van der Waals surface area contributed by atoms with Crippen molar-refractivity contribution in [3.05, 3.63) is 11.6 Å². The Labute approximate surface area is 104 Å². The first-order chi connectivity index (χ1) is 7.95. The minimum atomic E-state index is 0.0748. The Kier molecular flexibility index (Phi) is 1.28. The first-order valence-corrected chi connectivity index (χ1v) is 7.47. The predicted octanol–water partition coefficient (Wildman–Crippen LogP) is 3.11. The number of hydrogen-bond acceptors (Lipinski definition) is 1. The van der Waals surface area contributed by atoms with E-state index in [4.69, 9.17) is 5.73 Å². The number of allylic oxidation sites excluding steroid dienone is 1. The molecule has 5 saturated carbocycles. The molecule has 17 heavy (non-hydrogen) atoms. The van der Waals surface area contributed by atoms with Crippen molar-refractivity contribution in [2.45, 2.75) is 51.5 Å². The maximum Gasteiger partial charge on any atom is 0.0350 e. The summed E-state index contributed by atoms with van der Waals surface area (Å²) in [6, 6.07) is 0. The van der Waals surface area contributed by atoms with Crippen LogP contribution in [0.4, 0.5) is 0 Å². The smallest absolute Gasteiger partial charge is 0.0350 e. The molecule has 7 atom stereocenters. The van der Waals surface area contributed by atoms with Crippen LogP contribution >= 0.6 is 0 Å². The van der Waals surface area contributed by atoms with E-state index in [2.05, 4.69) is 19.9 Å². The highest BCUT2D eigenvalue weighted by Gasteiger charge is 2.71. The largest absolute Gasteiger partial charge is 0.322 e. The minimum Gasteiger partial charge on any atom is -0.322 e. The van der Waals surface area contributed by atoms with Gasteiger partial charge in [0.25, 0.3) is 0 Å². The highest BCUT2D eigenvalue weighted by atomic mass is 14.9. The molecule has 1 nitrogen and oxygen atoms in total. The van der Waals surface area contributed by atoms with E-state index < -0.39 is 0 Å². The Bertz CT molecular complexity index is 466. The number of nitrogens with two attached hydrogens (primary N) is 1. The van der Waals surface area contributed by atoms with Crippen LogP contribution in [-0.4, -0.2) is 5.54 Å². The van der Waals surface area contributed by atoms with Gasteiger partial charge in [-0.3, -0.25) is 0 Å². The van der Waals surface area contributed by atoms with Gasteiger partial charge in [-0.1, -0.05) is 25.5 Å². The molecule has 0 amide bonds. The molecule has 0 spiro atoms. The van der Waals surface area contributed by atoms with Crippen LogP contribution in [0.3, 0.4) is 0 Å². The van der Waals surface area contributed by atoms with Crippen LogP contribution < -0.4 is 5.73 Å². The Morgan fingerprint density at radius 1 is 1.18 bits per heavy atom.